The lowest BCUT2D eigenvalue weighted by molar-refractivity contribution is 0.303. The SMILES string of the molecule is C/C=C(/C)c1cc(C)cc(C)c1OCc1cc(C)cc(C(C)CC)c1. The van der Waals surface area contributed by atoms with Crippen LogP contribution in [0.15, 0.2) is 36.4 Å². The quantitative estimate of drug-likeness (QED) is 0.545. The molecule has 0 N–H and O–H groups in total. The van der Waals surface area contributed by atoms with Crippen molar-refractivity contribution < 1.29 is 4.74 Å². The number of hydrogen-bond donors (Lipinski definition) is 0. The van der Waals surface area contributed by atoms with Crippen LogP contribution in [-0.2, 0) is 6.61 Å². The van der Waals surface area contributed by atoms with Crippen LogP contribution in [0.3, 0.4) is 0 Å². The molecule has 1 heteroatoms. The van der Waals surface area contributed by atoms with Crippen molar-refractivity contribution in [3.8, 4) is 5.75 Å². The summed E-state index contributed by atoms with van der Waals surface area (Å²) in [6.45, 7) is 15.8. The first-order valence-electron chi connectivity index (χ1n) is 9.33. The number of benzene rings is 2. The Hall–Kier alpha value is -2.02. The molecular formula is C24H32O. The Morgan fingerprint density at radius 2 is 1.72 bits per heavy atom. The van der Waals surface area contributed by atoms with Gasteiger partial charge in [0, 0.05) is 5.56 Å². The van der Waals surface area contributed by atoms with Gasteiger partial charge in [0.25, 0.3) is 0 Å². The van der Waals surface area contributed by atoms with Crippen LogP contribution in [0.5, 0.6) is 5.75 Å². The predicted molar refractivity (Wildman–Crippen MR) is 109 cm³/mol. The van der Waals surface area contributed by atoms with Crippen LogP contribution in [0, 0.1) is 20.8 Å². The van der Waals surface area contributed by atoms with Crippen LogP contribution in [0.4, 0.5) is 0 Å². The second-order valence-electron chi connectivity index (χ2n) is 7.28. The van der Waals surface area contributed by atoms with Gasteiger partial charge in [0.05, 0.1) is 0 Å². The molecule has 2 aromatic rings. The van der Waals surface area contributed by atoms with E-state index in [1.165, 1.54) is 39.0 Å². The number of ether oxygens (including phenoxy) is 1. The molecule has 0 aliphatic rings. The fourth-order valence-electron chi connectivity index (χ4n) is 3.25. The van der Waals surface area contributed by atoms with E-state index in [1.807, 2.05) is 0 Å². The maximum atomic E-state index is 6.31. The Bertz CT molecular complexity index is 768. The third-order valence-corrected chi connectivity index (χ3v) is 5.00. The topological polar surface area (TPSA) is 9.23 Å². The highest BCUT2D eigenvalue weighted by molar-refractivity contribution is 5.71. The Kier molecular flexibility index (Phi) is 6.47. The molecule has 0 fully saturated rings. The van der Waals surface area contributed by atoms with E-state index >= 15 is 0 Å². The molecule has 0 aliphatic heterocycles. The summed E-state index contributed by atoms with van der Waals surface area (Å²) in [6, 6.07) is 11.2. The summed E-state index contributed by atoms with van der Waals surface area (Å²) < 4.78 is 6.31. The first-order chi connectivity index (χ1) is 11.8. The van der Waals surface area contributed by atoms with Crippen molar-refractivity contribution in [3.05, 3.63) is 69.8 Å². The van der Waals surface area contributed by atoms with E-state index in [1.54, 1.807) is 0 Å². The molecule has 0 aliphatic carbocycles. The molecule has 2 aromatic carbocycles. The van der Waals surface area contributed by atoms with E-state index in [-0.39, 0.29) is 0 Å². The average molecular weight is 337 g/mol. The van der Waals surface area contributed by atoms with E-state index in [4.69, 9.17) is 4.74 Å². The summed E-state index contributed by atoms with van der Waals surface area (Å²) in [5, 5.41) is 0. The molecule has 1 unspecified atom stereocenters. The Morgan fingerprint density at radius 3 is 2.36 bits per heavy atom. The summed E-state index contributed by atoms with van der Waals surface area (Å²) in [7, 11) is 0. The highest BCUT2D eigenvalue weighted by atomic mass is 16.5. The van der Waals surface area contributed by atoms with Crippen molar-refractivity contribution in [1.82, 2.24) is 0 Å². The van der Waals surface area contributed by atoms with Gasteiger partial charge in [-0.3, -0.25) is 0 Å². The molecule has 0 heterocycles. The molecule has 0 spiro atoms. The van der Waals surface area contributed by atoms with Crippen LogP contribution < -0.4 is 4.74 Å². The highest BCUT2D eigenvalue weighted by Gasteiger charge is 2.11. The lowest BCUT2D eigenvalue weighted by Gasteiger charge is -2.17. The van der Waals surface area contributed by atoms with Gasteiger partial charge in [-0.05, 0) is 80.9 Å². The van der Waals surface area contributed by atoms with Gasteiger partial charge < -0.3 is 4.74 Å². The molecule has 1 nitrogen and oxygen atoms in total. The number of hydrogen-bond acceptors (Lipinski definition) is 1. The lowest BCUT2D eigenvalue weighted by atomic mass is 9.95. The van der Waals surface area contributed by atoms with Gasteiger partial charge in [-0.15, -0.1) is 0 Å². The molecule has 2 rings (SSSR count). The van der Waals surface area contributed by atoms with Crippen LogP contribution in [0.25, 0.3) is 5.57 Å². The molecule has 0 radical (unpaired) electrons. The summed E-state index contributed by atoms with van der Waals surface area (Å²) >= 11 is 0. The van der Waals surface area contributed by atoms with Gasteiger partial charge in [0.1, 0.15) is 12.4 Å². The van der Waals surface area contributed by atoms with Crippen molar-refractivity contribution >= 4 is 5.57 Å². The van der Waals surface area contributed by atoms with Crippen molar-refractivity contribution in [3.63, 3.8) is 0 Å². The largest absolute Gasteiger partial charge is 0.488 e. The first-order valence-corrected chi connectivity index (χ1v) is 9.33. The summed E-state index contributed by atoms with van der Waals surface area (Å²) in [6.07, 6.45) is 3.31. The van der Waals surface area contributed by atoms with Gasteiger partial charge in [0.15, 0.2) is 0 Å². The average Bonchev–Trinajstić information content (AvgIpc) is 2.58. The van der Waals surface area contributed by atoms with E-state index in [9.17, 15) is 0 Å². The van der Waals surface area contributed by atoms with Crippen LogP contribution >= 0.6 is 0 Å². The Morgan fingerprint density at radius 1 is 1.04 bits per heavy atom. The standard InChI is InChI=1S/C24H32O/c1-8-18(5)22-12-17(4)11-21(14-22)15-25-24-20(7)10-16(3)13-23(24)19(6)9-2/h9-14,18H,8,15H2,1-7H3/b19-9-. The second-order valence-corrected chi connectivity index (χ2v) is 7.28. The summed E-state index contributed by atoms with van der Waals surface area (Å²) in [5.41, 5.74) is 8.90. The molecule has 0 aromatic heterocycles. The van der Waals surface area contributed by atoms with Gasteiger partial charge in [-0.25, -0.2) is 0 Å². The van der Waals surface area contributed by atoms with E-state index < -0.39 is 0 Å². The van der Waals surface area contributed by atoms with Gasteiger partial charge >= 0.3 is 0 Å². The van der Waals surface area contributed by atoms with Crippen molar-refractivity contribution in [2.24, 2.45) is 0 Å². The lowest BCUT2D eigenvalue weighted by Crippen LogP contribution is -2.03. The van der Waals surface area contributed by atoms with E-state index in [0.717, 1.165) is 12.2 Å². The van der Waals surface area contributed by atoms with Gasteiger partial charge in [0.2, 0.25) is 0 Å². The van der Waals surface area contributed by atoms with Crippen molar-refractivity contribution in [2.75, 3.05) is 0 Å². The monoisotopic (exact) mass is 336 g/mol. The highest BCUT2D eigenvalue weighted by Crippen LogP contribution is 2.32. The Balaban J connectivity index is 2.32. The minimum atomic E-state index is 0.584. The maximum Gasteiger partial charge on any atom is 0.130 e. The minimum Gasteiger partial charge on any atom is -0.488 e. The normalized spacial score (nSPS) is 13.0. The zero-order chi connectivity index (χ0) is 18.6. The predicted octanol–water partition coefficient (Wildman–Crippen LogP) is 7.13. The number of aryl methyl sites for hydroxylation is 3. The zero-order valence-corrected chi connectivity index (χ0v) is 16.9. The fraction of sp³-hybridized carbons (Fsp3) is 0.417. The summed E-state index contributed by atoms with van der Waals surface area (Å²) in [5.74, 6) is 1.59. The molecule has 0 saturated carbocycles. The fourth-order valence-corrected chi connectivity index (χ4v) is 3.25. The van der Waals surface area contributed by atoms with Crippen LogP contribution in [-0.4, -0.2) is 0 Å². The molecule has 0 saturated heterocycles. The summed E-state index contributed by atoms with van der Waals surface area (Å²) in [4.78, 5) is 0. The first kappa shape index (κ1) is 19.3. The molecule has 1 atom stereocenters. The zero-order valence-electron chi connectivity index (χ0n) is 16.9. The van der Waals surface area contributed by atoms with Crippen LogP contribution in [0.1, 0.15) is 73.4 Å². The number of rotatable bonds is 6. The van der Waals surface area contributed by atoms with Gasteiger partial charge in [-0.2, -0.15) is 0 Å². The molecule has 25 heavy (non-hydrogen) atoms. The van der Waals surface area contributed by atoms with Crippen molar-refractivity contribution in [2.45, 2.75) is 67.4 Å². The molecule has 0 amide bonds. The minimum absolute atomic E-state index is 0.584. The van der Waals surface area contributed by atoms with E-state index in [0.29, 0.717) is 12.5 Å². The third kappa shape index (κ3) is 4.75. The maximum absolute atomic E-state index is 6.31. The smallest absolute Gasteiger partial charge is 0.130 e. The molecule has 134 valence electrons. The second kappa shape index (κ2) is 8.38. The van der Waals surface area contributed by atoms with Crippen LogP contribution in [0.2, 0.25) is 0 Å². The Labute approximate surface area is 153 Å². The van der Waals surface area contributed by atoms with Gasteiger partial charge in [-0.1, -0.05) is 49.8 Å². The number of allylic oxidation sites excluding steroid dienone is 2. The molecule has 0 bridgehead atoms. The van der Waals surface area contributed by atoms with Crippen molar-refractivity contribution in [1.29, 1.82) is 0 Å². The molecular weight excluding hydrogens is 304 g/mol. The third-order valence-electron chi connectivity index (χ3n) is 5.00. The van der Waals surface area contributed by atoms with E-state index in [2.05, 4.69) is 84.9 Å².